The van der Waals surface area contributed by atoms with Crippen LogP contribution in [0.3, 0.4) is 0 Å². The SMILES string of the molecule is C=C1CC(C(=O)C2CC2)C1. The van der Waals surface area contributed by atoms with Gasteiger partial charge in [0.15, 0.2) is 0 Å². The highest BCUT2D eigenvalue weighted by Gasteiger charge is 2.38. The van der Waals surface area contributed by atoms with E-state index in [2.05, 4.69) is 6.58 Å². The number of carbonyl (C=O) groups is 1. The summed E-state index contributed by atoms with van der Waals surface area (Å²) in [6, 6.07) is 0. The van der Waals surface area contributed by atoms with Crippen LogP contribution in [0, 0.1) is 11.8 Å². The highest BCUT2D eigenvalue weighted by Crippen LogP contribution is 2.40. The second-order valence-corrected chi connectivity index (χ2v) is 3.53. The minimum atomic E-state index is 0.375. The smallest absolute Gasteiger partial charge is 0.139 e. The van der Waals surface area contributed by atoms with Gasteiger partial charge in [0.05, 0.1) is 0 Å². The molecule has 1 heteroatoms. The monoisotopic (exact) mass is 136 g/mol. The highest BCUT2D eigenvalue weighted by atomic mass is 16.1. The summed E-state index contributed by atoms with van der Waals surface area (Å²) in [6.07, 6.45) is 4.27. The van der Waals surface area contributed by atoms with Gasteiger partial charge in [0.25, 0.3) is 0 Å². The number of allylic oxidation sites excluding steroid dienone is 1. The van der Waals surface area contributed by atoms with E-state index >= 15 is 0 Å². The van der Waals surface area contributed by atoms with Crippen LogP contribution in [-0.4, -0.2) is 5.78 Å². The maximum absolute atomic E-state index is 11.3. The van der Waals surface area contributed by atoms with E-state index in [1.54, 1.807) is 0 Å². The summed E-state index contributed by atoms with van der Waals surface area (Å²) in [5.74, 6) is 1.35. The van der Waals surface area contributed by atoms with E-state index in [9.17, 15) is 4.79 Å². The van der Waals surface area contributed by atoms with Gasteiger partial charge < -0.3 is 0 Å². The van der Waals surface area contributed by atoms with Gasteiger partial charge in [0, 0.05) is 11.8 Å². The fraction of sp³-hybridized carbons (Fsp3) is 0.667. The Bertz CT molecular complexity index is 181. The molecule has 0 aliphatic heterocycles. The quantitative estimate of drug-likeness (QED) is 0.530. The van der Waals surface area contributed by atoms with Crippen LogP contribution in [0.4, 0.5) is 0 Å². The Morgan fingerprint density at radius 2 is 1.90 bits per heavy atom. The average molecular weight is 136 g/mol. The maximum atomic E-state index is 11.3. The van der Waals surface area contributed by atoms with Crippen molar-refractivity contribution in [2.75, 3.05) is 0 Å². The van der Waals surface area contributed by atoms with Gasteiger partial charge in [-0.2, -0.15) is 0 Å². The molecular formula is C9H12O. The topological polar surface area (TPSA) is 17.1 Å². The van der Waals surface area contributed by atoms with Crippen molar-refractivity contribution < 1.29 is 4.79 Å². The molecule has 0 aromatic carbocycles. The van der Waals surface area contributed by atoms with Gasteiger partial charge in [-0.25, -0.2) is 0 Å². The maximum Gasteiger partial charge on any atom is 0.139 e. The number of ketones is 1. The van der Waals surface area contributed by atoms with E-state index in [0.29, 0.717) is 17.6 Å². The number of carbonyl (C=O) groups excluding carboxylic acids is 1. The molecule has 0 aromatic heterocycles. The van der Waals surface area contributed by atoms with Gasteiger partial charge in [-0.15, -0.1) is 0 Å². The fourth-order valence-electron chi connectivity index (χ4n) is 1.54. The summed E-state index contributed by atoms with van der Waals surface area (Å²) >= 11 is 0. The van der Waals surface area contributed by atoms with Crippen molar-refractivity contribution in [3.63, 3.8) is 0 Å². The first-order chi connectivity index (χ1) is 4.77. The van der Waals surface area contributed by atoms with Crippen LogP contribution < -0.4 is 0 Å². The van der Waals surface area contributed by atoms with Crippen molar-refractivity contribution >= 4 is 5.78 Å². The molecule has 10 heavy (non-hydrogen) atoms. The molecule has 2 fully saturated rings. The minimum Gasteiger partial charge on any atom is -0.299 e. The first-order valence-corrected chi connectivity index (χ1v) is 3.98. The Hall–Kier alpha value is -0.590. The molecule has 0 radical (unpaired) electrons. The number of hydrogen-bond acceptors (Lipinski definition) is 1. The molecule has 0 aromatic rings. The van der Waals surface area contributed by atoms with Crippen molar-refractivity contribution in [3.8, 4) is 0 Å². The van der Waals surface area contributed by atoms with Gasteiger partial charge in [-0.3, -0.25) is 4.79 Å². The van der Waals surface area contributed by atoms with Crippen LogP contribution in [-0.2, 0) is 4.79 Å². The van der Waals surface area contributed by atoms with Crippen LogP contribution >= 0.6 is 0 Å². The number of hydrogen-bond donors (Lipinski definition) is 0. The third kappa shape index (κ3) is 0.898. The van der Waals surface area contributed by atoms with Gasteiger partial charge in [0.2, 0.25) is 0 Å². The predicted octanol–water partition coefficient (Wildman–Crippen LogP) is 1.93. The lowest BCUT2D eigenvalue weighted by molar-refractivity contribution is -0.125. The minimum absolute atomic E-state index is 0.375. The summed E-state index contributed by atoms with van der Waals surface area (Å²) in [6.45, 7) is 3.82. The second kappa shape index (κ2) is 1.94. The molecule has 0 unspecified atom stereocenters. The molecule has 0 atom stereocenters. The lowest BCUT2D eigenvalue weighted by Gasteiger charge is -2.26. The lowest BCUT2D eigenvalue weighted by atomic mass is 9.77. The summed E-state index contributed by atoms with van der Waals surface area (Å²) in [5.41, 5.74) is 1.26. The standard InChI is InChI=1S/C9H12O/c1-6-4-8(5-6)9(10)7-2-3-7/h7-8H,1-5H2. The molecule has 2 aliphatic carbocycles. The molecule has 0 saturated heterocycles. The summed E-state index contributed by atoms with van der Waals surface area (Å²) in [7, 11) is 0. The molecule has 2 aliphatic rings. The normalized spacial score (nSPS) is 26.2. The molecule has 2 saturated carbocycles. The van der Waals surface area contributed by atoms with Crippen LogP contribution in [0.15, 0.2) is 12.2 Å². The predicted molar refractivity (Wildman–Crippen MR) is 39.6 cm³/mol. The molecular weight excluding hydrogens is 124 g/mol. The average Bonchev–Trinajstić information content (AvgIpc) is 2.60. The number of rotatable bonds is 2. The highest BCUT2D eigenvalue weighted by molar-refractivity contribution is 5.87. The first-order valence-electron chi connectivity index (χ1n) is 3.98. The molecule has 0 N–H and O–H groups in total. The zero-order valence-electron chi connectivity index (χ0n) is 6.10. The molecule has 0 bridgehead atoms. The lowest BCUT2D eigenvalue weighted by Crippen LogP contribution is -2.24. The van der Waals surface area contributed by atoms with E-state index < -0.39 is 0 Å². The van der Waals surface area contributed by atoms with E-state index in [-0.39, 0.29) is 0 Å². The Kier molecular flexibility index (Phi) is 1.19. The molecule has 0 amide bonds. The zero-order valence-corrected chi connectivity index (χ0v) is 6.10. The van der Waals surface area contributed by atoms with Gasteiger partial charge in [0.1, 0.15) is 5.78 Å². The van der Waals surface area contributed by atoms with Gasteiger partial charge in [-0.1, -0.05) is 12.2 Å². The Labute approximate surface area is 61.1 Å². The fourth-order valence-corrected chi connectivity index (χ4v) is 1.54. The van der Waals surface area contributed by atoms with Gasteiger partial charge in [-0.05, 0) is 25.7 Å². The second-order valence-electron chi connectivity index (χ2n) is 3.53. The van der Waals surface area contributed by atoms with E-state index in [1.807, 2.05) is 0 Å². The van der Waals surface area contributed by atoms with Crippen molar-refractivity contribution in [1.82, 2.24) is 0 Å². The Morgan fingerprint density at radius 3 is 2.30 bits per heavy atom. The van der Waals surface area contributed by atoms with Crippen molar-refractivity contribution in [1.29, 1.82) is 0 Å². The molecule has 1 nitrogen and oxygen atoms in total. The van der Waals surface area contributed by atoms with E-state index in [0.717, 1.165) is 25.7 Å². The molecule has 0 heterocycles. The van der Waals surface area contributed by atoms with Crippen molar-refractivity contribution in [3.05, 3.63) is 12.2 Å². The summed E-state index contributed by atoms with van der Waals surface area (Å²) in [4.78, 5) is 11.3. The molecule has 2 rings (SSSR count). The third-order valence-electron chi connectivity index (χ3n) is 2.45. The number of Topliss-reactive ketones (excluding diaryl/α,β-unsaturated/α-hetero) is 1. The molecule has 54 valence electrons. The summed E-state index contributed by atoms with van der Waals surface area (Å²) in [5, 5.41) is 0. The Balaban J connectivity index is 1.88. The van der Waals surface area contributed by atoms with Crippen molar-refractivity contribution in [2.24, 2.45) is 11.8 Å². The van der Waals surface area contributed by atoms with Crippen LogP contribution in [0.5, 0.6) is 0 Å². The van der Waals surface area contributed by atoms with Crippen LogP contribution in [0.2, 0.25) is 0 Å². The third-order valence-corrected chi connectivity index (χ3v) is 2.45. The van der Waals surface area contributed by atoms with Crippen molar-refractivity contribution in [2.45, 2.75) is 25.7 Å². The zero-order chi connectivity index (χ0) is 7.14. The van der Waals surface area contributed by atoms with Crippen LogP contribution in [0.1, 0.15) is 25.7 Å². The summed E-state index contributed by atoms with van der Waals surface area (Å²) < 4.78 is 0. The Morgan fingerprint density at radius 1 is 1.30 bits per heavy atom. The van der Waals surface area contributed by atoms with Crippen LogP contribution in [0.25, 0.3) is 0 Å². The first kappa shape index (κ1) is 6.14. The van der Waals surface area contributed by atoms with Gasteiger partial charge >= 0.3 is 0 Å². The van der Waals surface area contributed by atoms with E-state index in [4.69, 9.17) is 0 Å². The van der Waals surface area contributed by atoms with E-state index in [1.165, 1.54) is 5.57 Å². The largest absolute Gasteiger partial charge is 0.299 e. The molecule has 0 spiro atoms.